The summed E-state index contributed by atoms with van der Waals surface area (Å²) in [6, 6.07) is 0. The Balaban J connectivity index is 4.02. The lowest BCUT2D eigenvalue weighted by atomic mass is 9.69. The van der Waals surface area contributed by atoms with Gasteiger partial charge >= 0.3 is 0 Å². The summed E-state index contributed by atoms with van der Waals surface area (Å²) < 4.78 is 0. The molecule has 0 aromatic rings. The molecule has 0 unspecified atom stereocenters. The Hall–Kier alpha value is -0.0400. The van der Waals surface area contributed by atoms with Gasteiger partial charge in [0, 0.05) is 13.1 Å². The molecule has 0 aliphatic carbocycles. The quantitative estimate of drug-likeness (QED) is 0.731. The zero-order valence-electron chi connectivity index (χ0n) is 11.4. The second-order valence-electron chi connectivity index (χ2n) is 7.30. The van der Waals surface area contributed by atoms with Crippen LogP contribution < -0.4 is 5.32 Å². The Kier molecular flexibility index (Phi) is 4.21. The molecule has 0 aliphatic heterocycles. The number of hydrogen-bond acceptors (Lipinski definition) is 1. The van der Waals surface area contributed by atoms with Crippen LogP contribution in [0, 0.1) is 16.2 Å². The average molecular weight is 199 g/mol. The van der Waals surface area contributed by atoms with Crippen LogP contribution in [0.25, 0.3) is 0 Å². The van der Waals surface area contributed by atoms with Gasteiger partial charge in [0.1, 0.15) is 0 Å². The van der Waals surface area contributed by atoms with E-state index in [-0.39, 0.29) is 0 Å². The molecule has 0 amide bonds. The van der Waals surface area contributed by atoms with Crippen LogP contribution in [0.15, 0.2) is 0 Å². The van der Waals surface area contributed by atoms with Gasteiger partial charge in [-0.25, -0.2) is 0 Å². The highest BCUT2D eigenvalue weighted by atomic mass is 14.9. The van der Waals surface area contributed by atoms with E-state index in [9.17, 15) is 0 Å². The van der Waals surface area contributed by atoms with Gasteiger partial charge in [-0.15, -0.1) is 0 Å². The van der Waals surface area contributed by atoms with Crippen LogP contribution in [-0.4, -0.2) is 13.1 Å². The third-order valence-corrected chi connectivity index (χ3v) is 3.25. The maximum Gasteiger partial charge on any atom is 0.000775 e. The monoisotopic (exact) mass is 199 g/mol. The van der Waals surface area contributed by atoms with Crippen molar-refractivity contribution < 1.29 is 0 Å². The van der Waals surface area contributed by atoms with Gasteiger partial charge < -0.3 is 5.32 Å². The zero-order chi connectivity index (χ0) is 11.6. The van der Waals surface area contributed by atoms with E-state index in [4.69, 9.17) is 0 Å². The van der Waals surface area contributed by atoms with E-state index in [0.29, 0.717) is 16.2 Å². The largest absolute Gasteiger partial charge is 0.316 e. The Morgan fingerprint density at radius 3 is 1.43 bits per heavy atom. The lowest BCUT2D eigenvalue weighted by Gasteiger charge is -2.39. The fourth-order valence-electron chi connectivity index (χ4n) is 1.02. The predicted octanol–water partition coefficient (Wildman–Crippen LogP) is 3.69. The third kappa shape index (κ3) is 4.99. The van der Waals surface area contributed by atoms with E-state index in [2.05, 4.69) is 60.7 Å². The standard InChI is InChI=1S/C13H29N/c1-11(2,3)9-14-10-13(7,8)12(4,5)6/h14H,9-10H2,1-8H3. The molecule has 1 N–H and O–H groups in total. The van der Waals surface area contributed by atoms with Crippen LogP contribution in [0.4, 0.5) is 0 Å². The molecular formula is C13H29N. The zero-order valence-corrected chi connectivity index (χ0v) is 11.4. The van der Waals surface area contributed by atoms with E-state index in [1.54, 1.807) is 0 Å². The van der Waals surface area contributed by atoms with E-state index in [1.807, 2.05) is 0 Å². The van der Waals surface area contributed by atoms with Crippen LogP contribution in [-0.2, 0) is 0 Å². The predicted molar refractivity (Wildman–Crippen MR) is 65.6 cm³/mol. The topological polar surface area (TPSA) is 12.0 Å². The summed E-state index contributed by atoms with van der Waals surface area (Å²) in [5.74, 6) is 0. The minimum Gasteiger partial charge on any atom is -0.316 e. The number of rotatable bonds is 3. The Morgan fingerprint density at radius 1 is 0.714 bits per heavy atom. The minimum atomic E-state index is 0.345. The van der Waals surface area contributed by atoms with Crippen molar-refractivity contribution in [2.75, 3.05) is 13.1 Å². The number of hydrogen-bond donors (Lipinski definition) is 1. The summed E-state index contributed by atoms with van der Waals surface area (Å²) in [6.07, 6.45) is 0. The second kappa shape index (κ2) is 4.22. The summed E-state index contributed by atoms with van der Waals surface area (Å²) in [6.45, 7) is 20.6. The van der Waals surface area contributed by atoms with Crippen molar-refractivity contribution >= 4 is 0 Å². The molecule has 1 nitrogen and oxygen atoms in total. The van der Waals surface area contributed by atoms with Crippen molar-refractivity contribution in [1.82, 2.24) is 5.32 Å². The van der Waals surface area contributed by atoms with Crippen molar-refractivity contribution in [3.8, 4) is 0 Å². The van der Waals surface area contributed by atoms with Crippen molar-refractivity contribution in [1.29, 1.82) is 0 Å². The second-order valence-corrected chi connectivity index (χ2v) is 7.30. The van der Waals surface area contributed by atoms with Crippen molar-refractivity contribution in [2.24, 2.45) is 16.2 Å². The first kappa shape index (κ1) is 14.0. The Morgan fingerprint density at radius 2 is 1.14 bits per heavy atom. The summed E-state index contributed by atoms with van der Waals surface area (Å²) in [5, 5.41) is 3.57. The van der Waals surface area contributed by atoms with Crippen LogP contribution in [0.5, 0.6) is 0 Å². The highest BCUT2D eigenvalue weighted by Crippen LogP contribution is 2.37. The molecule has 0 rings (SSSR count). The van der Waals surface area contributed by atoms with Gasteiger partial charge in [0.25, 0.3) is 0 Å². The molecule has 0 spiro atoms. The van der Waals surface area contributed by atoms with Gasteiger partial charge in [-0.3, -0.25) is 0 Å². The SMILES string of the molecule is CC(C)(C)CNCC(C)(C)C(C)(C)C. The average Bonchev–Trinajstić information content (AvgIpc) is 1.80. The van der Waals surface area contributed by atoms with Crippen molar-refractivity contribution in [3.63, 3.8) is 0 Å². The molecule has 0 aromatic carbocycles. The fourth-order valence-corrected chi connectivity index (χ4v) is 1.02. The molecule has 0 aromatic heterocycles. The van der Waals surface area contributed by atoms with Gasteiger partial charge in [-0.2, -0.15) is 0 Å². The lowest BCUT2D eigenvalue weighted by molar-refractivity contribution is 0.125. The molecule has 0 saturated heterocycles. The molecule has 0 aliphatic rings. The maximum absolute atomic E-state index is 3.57. The number of nitrogens with one attached hydrogen (secondary N) is 1. The van der Waals surface area contributed by atoms with Gasteiger partial charge in [0.05, 0.1) is 0 Å². The van der Waals surface area contributed by atoms with Crippen molar-refractivity contribution in [2.45, 2.75) is 55.4 Å². The van der Waals surface area contributed by atoms with Gasteiger partial charge in [-0.1, -0.05) is 55.4 Å². The molecule has 0 saturated carbocycles. The molecule has 1 heteroatoms. The van der Waals surface area contributed by atoms with E-state index in [1.165, 1.54) is 0 Å². The highest BCUT2D eigenvalue weighted by molar-refractivity contribution is 4.84. The Labute approximate surface area is 90.7 Å². The molecule has 0 bridgehead atoms. The van der Waals surface area contributed by atoms with E-state index < -0.39 is 0 Å². The summed E-state index contributed by atoms with van der Waals surface area (Å²) in [4.78, 5) is 0. The lowest BCUT2D eigenvalue weighted by Crippen LogP contribution is -2.41. The van der Waals surface area contributed by atoms with Crippen LogP contribution >= 0.6 is 0 Å². The smallest absolute Gasteiger partial charge is 0.000775 e. The molecule has 0 heterocycles. The van der Waals surface area contributed by atoms with Crippen LogP contribution in [0.3, 0.4) is 0 Å². The Bertz CT molecular complexity index is 167. The van der Waals surface area contributed by atoms with E-state index >= 15 is 0 Å². The molecule has 0 atom stereocenters. The first-order valence-electron chi connectivity index (χ1n) is 5.66. The minimum absolute atomic E-state index is 0.345. The highest BCUT2D eigenvalue weighted by Gasteiger charge is 2.32. The molecule has 0 radical (unpaired) electrons. The van der Waals surface area contributed by atoms with Crippen LogP contribution in [0.2, 0.25) is 0 Å². The summed E-state index contributed by atoms with van der Waals surface area (Å²) >= 11 is 0. The van der Waals surface area contributed by atoms with Crippen LogP contribution in [0.1, 0.15) is 55.4 Å². The van der Waals surface area contributed by atoms with Crippen molar-refractivity contribution in [3.05, 3.63) is 0 Å². The summed E-state index contributed by atoms with van der Waals surface area (Å²) in [5.41, 5.74) is 1.09. The fraction of sp³-hybridized carbons (Fsp3) is 1.00. The first-order valence-corrected chi connectivity index (χ1v) is 5.66. The summed E-state index contributed by atoms with van der Waals surface area (Å²) in [7, 11) is 0. The molecule has 14 heavy (non-hydrogen) atoms. The molecule has 86 valence electrons. The first-order chi connectivity index (χ1) is 5.96. The van der Waals surface area contributed by atoms with Gasteiger partial charge in [0.2, 0.25) is 0 Å². The molecular weight excluding hydrogens is 170 g/mol. The van der Waals surface area contributed by atoms with E-state index in [0.717, 1.165) is 13.1 Å². The maximum atomic E-state index is 3.57. The van der Waals surface area contributed by atoms with Gasteiger partial charge in [-0.05, 0) is 16.2 Å². The van der Waals surface area contributed by atoms with Gasteiger partial charge in [0.15, 0.2) is 0 Å². The third-order valence-electron chi connectivity index (χ3n) is 3.25. The normalized spacial score (nSPS) is 14.6. The molecule has 0 fully saturated rings.